The monoisotopic (exact) mass is 241 g/mol. The fourth-order valence-corrected chi connectivity index (χ4v) is 2.40. The lowest BCUT2D eigenvalue weighted by molar-refractivity contribution is 0.351. The molecule has 4 nitrogen and oxygen atoms in total. The van der Waals surface area contributed by atoms with Crippen LogP contribution in [-0.2, 0) is 12.8 Å². The minimum Gasteiger partial charge on any atom is -0.339 e. The quantitative estimate of drug-likeness (QED) is 0.847. The smallest absolute Gasteiger partial charge is 0.227 e. The number of hydrogen-bond donors (Lipinski definition) is 1. The Morgan fingerprint density at radius 3 is 3.25 bits per heavy atom. The van der Waals surface area contributed by atoms with Crippen LogP contribution in [0, 0.1) is 5.92 Å². The summed E-state index contributed by atoms with van der Waals surface area (Å²) in [5, 5.41) is 7.45. The Bertz CT molecular complexity index is 310. The van der Waals surface area contributed by atoms with E-state index < -0.39 is 0 Å². The molecule has 2 heterocycles. The molecule has 1 saturated heterocycles. The summed E-state index contributed by atoms with van der Waals surface area (Å²) in [5.74, 6) is 3.39. The van der Waals surface area contributed by atoms with Gasteiger partial charge in [0, 0.05) is 18.6 Å². The second kappa shape index (κ2) is 6.25. The maximum atomic E-state index is 5.21. The van der Waals surface area contributed by atoms with Crippen LogP contribution < -0.4 is 5.32 Å². The fraction of sp³-hybridized carbons (Fsp3) is 0.818. The summed E-state index contributed by atoms with van der Waals surface area (Å²) in [6.07, 6.45) is 6.47. The number of aryl methyl sites for hydroxylation is 1. The van der Waals surface area contributed by atoms with Crippen molar-refractivity contribution in [2.45, 2.75) is 25.7 Å². The van der Waals surface area contributed by atoms with Gasteiger partial charge in [-0.1, -0.05) is 5.16 Å². The molecule has 2 rings (SSSR count). The zero-order valence-electron chi connectivity index (χ0n) is 9.74. The van der Waals surface area contributed by atoms with E-state index in [9.17, 15) is 0 Å². The van der Waals surface area contributed by atoms with Crippen molar-refractivity contribution >= 4 is 11.8 Å². The summed E-state index contributed by atoms with van der Waals surface area (Å²) in [6, 6.07) is 0. The molecule has 1 fully saturated rings. The van der Waals surface area contributed by atoms with Crippen LogP contribution in [0.5, 0.6) is 0 Å². The van der Waals surface area contributed by atoms with Crippen molar-refractivity contribution in [3.8, 4) is 0 Å². The SMILES string of the molecule is CSCCc1nc(CC2CCCNC2)no1. The third-order valence-corrected chi connectivity index (χ3v) is 3.51. The molecular formula is C11H19N3OS. The Morgan fingerprint density at radius 1 is 1.56 bits per heavy atom. The summed E-state index contributed by atoms with van der Waals surface area (Å²) in [7, 11) is 0. The third kappa shape index (κ3) is 3.49. The van der Waals surface area contributed by atoms with E-state index in [4.69, 9.17) is 4.52 Å². The van der Waals surface area contributed by atoms with Gasteiger partial charge in [0.25, 0.3) is 0 Å². The molecule has 1 aromatic rings. The molecule has 0 aromatic carbocycles. The van der Waals surface area contributed by atoms with Gasteiger partial charge in [-0.25, -0.2) is 0 Å². The Labute approximate surface area is 101 Å². The highest BCUT2D eigenvalue weighted by Crippen LogP contribution is 2.14. The Hall–Kier alpha value is -0.550. The van der Waals surface area contributed by atoms with E-state index in [1.54, 1.807) is 11.8 Å². The number of piperidine rings is 1. The van der Waals surface area contributed by atoms with Crippen molar-refractivity contribution in [2.24, 2.45) is 5.92 Å². The van der Waals surface area contributed by atoms with E-state index in [1.807, 2.05) is 0 Å². The molecule has 0 amide bonds. The number of hydrogen-bond acceptors (Lipinski definition) is 5. The van der Waals surface area contributed by atoms with E-state index in [0.29, 0.717) is 5.92 Å². The normalized spacial score (nSPS) is 21.2. The summed E-state index contributed by atoms with van der Waals surface area (Å²) in [5.41, 5.74) is 0. The van der Waals surface area contributed by atoms with Crippen molar-refractivity contribution in [1.29, 1.82) is 0 Å². The molecule has 1 aromatic heterocycles. The predicted octanol–water partition coefficient (Wildman–Crippen LogP) is 1.52. The molecule has 1 N–H and O–H groups in total. The molecule has 5 heteroatoms. The summed E-state index contributed by atoms with van der Waals surface area (Å²) in [6.45, 7) is 2.25. The van der Waals surface area contributed by atoms with Gasteiger partial charge in [-0.05, 0) is 38.1 Å². The van der Waals surface area contributed by atoms with Crippen LogP contribution in [-0.4, -0.2) is 35.2 Å². The number of thioether (sulfide) groups is 1. The Balaban J connectivity index is 1.81. The second-order valence-corrected chi connectivity index (χ2v) is 5.25. The largest absolute Gasteiger partial charge is 0.339 e. The maximum Gasteiger partial charge on any atom is 0.227 e. The van der Waals surface area contributed by atoms with Crippen LogP contribution in [0.25, 0.3) is 0 Å². The molecule has 16 heavy (non-hydrogen) atoms. The number of rotatable bonds is 5. The molecule has 1 atom stereocenters. The first kappa shape index (κ1) is 11.9. The predicted molar refractivity (Wildman–Crippen MR) is 65.7 cm³/mol. The first-order valence-corrected chi connectivity index (χ1v) is 7.29. The summed E-state index contributed by atoms with van der Waals surface area (Å²) < 4.78 is 5.21. The van der Waals surface area contributed by atoms with Gasteiger partial charge in [-0.3, -0.25) is 0 Å². The van der Waals surface area contributed by atoms with Crippen LogP contribution in [0.15, 0.2) is 4.52 Å². The molecule has 0 saturated carbocycles. The molecule has 0 aliphatic carbocycles. The van der Waals surface area contributed by atoms with Gasteiger partial charge in [-0.2, -0.15) is 16.7 Å². The fourth-order valence-electron chi connectivity index (χ4n) is 2.02. The van der Waals surface area contributed by atoms with E-state index >= 15 is 0 Å². The summed E-state index contributed by atoms with van der Waals surface area (Å²) >= 11 is 1.80. The van der Waals surface area contributed by atoms with Crippen molar-refractivity contribution in [1.82, 2.24) is 15.5 Å². The van der Waals surface area contributed by atoms with Gasteiger partial charge in [0.2, 0.25) is 5.89 Å². The minimum absolute atomic E-state index is 0.680. The number of aromatic nitrogens is 2. The Morgan fingerprint density at radius 2 is 2.50 bits per heavy atom. The lowest BCUT2D eigenvalue weighted by atomic mass is 9.96. The van der Waals surface area contributed by atoms with Crippen LogP contribution in [0.2, 0.25) is 0 Å². The minimum atomic E-state index is 0.680. The molecule has 1 unspecified atom stereocenters. The molecule has 0 spiro atoms. The highest BCUT2D eigenvalue weighted by atomic mass is 32.2. The van der Waals surface area contributed by atoms with Gasteiger partial charge in [0.15, 0.2) is 5.82 Å². The topological polar surface area (TPSA) is 51.0 Å². The third-order valence-electron chi connectivity index (χ3n) is 2.90. The van der Waals surface area contributed by atoms with Gasteiger partial charge in [0.1, 0.15) is 0 Å². The van der Waals surface area contributed by atoms with E-state index in [2.05, 4.69) is 21.7 Å². The molecule has 1 aliphatic heterocycles. The molecule has 1 aliphatic rings. The first-order valence-electron chi connectivity index (χ1n) is 5.89. The van der Waals surface area contributed by atoms with Crippen LogP contribution in [0.3, 0.4) is 0 Å². The van der Waals surface area contributed by atoms with Crippen molar-refractivity contribution in [3.05, 3.63) is 11.7 Å². The van der Waals surface area contributed by atoms with Gasteiger partial charge in [-0.15, -0.1) is 0 Å². The lowest BCUT2D eigenvalue weighted by Crippen LogP contribution is -2.31. The highest BCUT2D eigenvalue weighted by Gasteiger charge is 2.16. The lowest BCUT2D eigenvalue weighted by Gasteiger charge is -2.20. The molecule has 90 valence electrons. The van der Waals surface area contributed by atoms with Crippen LogP contribution >= 0.6 is 11.8 Å². The van der Waals surface area contributed by atoms with E-state index in [-0.39, 0.29) is 0 Å². The molecule has 0 radical (unpaired) electrons. The van der Waals surface area contributed by atoms with Gasteiger partial charge in [0.05, 0.1) is 0 Å². The highest BCUT2D eigenvalue weighted by molar-refractivity contribution is 7.98. The Kier molecular flexibility index (Phi) is 4.66. The maximum absolute atomic E-state index is 5.21. The van der Waals surface area contributed by atoms with Crippen molar-refractivity contribution in [3.63, 3.8) is 0 Å². The van der Waals surface area contributed by atoms with E-state index in [1.165, 1.54) is 12.8 Å². The van der Waals surface area contributed by atoms with E-state index in [0.717, 1.165) is 43.4 Å². The average molecular weight is 241 g/mol. The molecule has 0 bridgehead atoms. The first-order chi connectivity index (χ1) is 7.88. The van der Waals surface area contributed by atoms with Gasteiger partial charge < -0.3 is 9.84 Å². The standard InChI is InChI=1S/C11H19N3OS/c1-16-6-4-11-13-10(14-15-11)7-9-3-2-5-12-8-9/h9,12H,2-8H2,1H3. The number of nitrogens with one attached hydrogen (secondary N) is 1. The van der Waals surface area contributed by atoms with Crippen molar-refractivity contribution in [2.75, 3.05) is 25.1 Å². The van der Waals surface area contributed by atoms with Crippen LogP contribution in [0.1, 0.15) is 24.6 Å². The van der Waals surface area contributed by atoms with Crippen LogP contribution in [0.4, 0.5) is 0 Å². The average Bonchev–Trinajstić information content (AvgIpc) is 2.75. The zero-order valence-corrected chi connectivity index (χ0v) is 10.6. The number of nitrogens with zero attached hydrogens (tertiary/aromatic N) is 2. The second-order valence-electron chi connectivity index (χ2n) is 4.26. The molecular weight excluding hydrogens is 222 g/mol. The zero-order chi connectivity index (χ0) is 11.2. The summed E-state index contributed by atoms with van der Waals surface area (Å²) in [4.78, 5) is 4.42. The van der Waals surface area contributed by atoms with Gasteiger partial charge >= 0.3 is 0 Å². The van der Waals surface area contributed by atoms with Crippen molar-refractivity contribution < 1.29 is 4.52 Å².